The molecule has 116 valence electrons. The van der Waals surface area contributed by atoms with Crippen LogP contribution in [0.2, 0.25) is 0 Å². The molecule has 1 aromatic carbocycles. The zero-order valence-electron chi connectivity index (χ0n) is 12.9. The van der Waals surface area contributed by atoms with Crippen LogP contribution < -0.4 is 10.5 Å². The topological polar surface area (TPSA) is 63.9 Å². The molecule has 0 saturated carbocycles. The normalized spacial score (nSPS) is 14.9. The van der Waals surface area contributed by atoms with Crippen LogP contribution in [0.5, 0.6) is 0 Å². The summed E-state index contributed by atoms with van der Waals surface area (Å²) in [6, 6.07) is 11.4. The molecular weight excluding hydrogens is 290 g/mol. The molecule has 6 heteroatoms. The highest BCUT2D eigenvalue weighted by Gasteiger charge is 2.30. The van der Waals surface area contributed by atoms with Gasteiger partial charge in [-0.25, -0.2) is 4.68 Å². The van der Waals surface area contributed by atoms with Crippen molar-refractivity contribution < 1.29 is 0 Å². The van der Waals surface area contributed by atoms with Gasteiger partial charge in [-0.05, 0) is 13.0 Å². The molecule has 3 heterocycles. The standard InChI is InChI=1S/C17H17N5O/c1-12-14-5-2-3-6-15(14)17(20-19-12)21-9-13(10-21)11-22-16(23)7-4-8-18-22/h2-8,13H,9-11H2,1H3. The Morgan fingerprint density at radius 3 is 2.65 bits per heavy atom. The molecular formula is C17H17N5O. The highest BCUT2D eigenvalue weighted by atomic mass is 16.1. The summed E-state index contributed by atoms with van der Waals surface area (Å²) >= 11 is 0. The van der Waals surface area contributed by atoms with E-state index in [-0.39, 0.29) is 5.56 Å². The van der Waals surface area contributed by atoms with Crippen LogP contribution in [0, 0.1) is 12.8 Å². The second-order valence-electron chi connectivity index (χ2n) is 5.97. The van der Waals surface area contributed by atoms with Gasteiger partial charge in [-0.2, -0.15) is 10.2 Å². The summed E-state index contributed by atoms with van der Waals surface area (Å²) in [4.78, 5) is 13.9. The second-order valence-corrected chi connectivity index (χ2v) is 5.97. The number of nitrogens with zero attached hydrogens (tertiary/aromatic N) is 5. The number of benzene rings is 1. The summed E-state index contributed by atoms with van der Waals surface area (Å²) in [6.07, 6.45) is 1.65. The Labute approximate surface area is 133 Å². The maximum atomic E-state index is 11.7. The number of hydrogen-bond donors (Lipinski definition) is 0. The van der Waals surface area contributed by atoms with Crippen molar-refractivity contribution in [1.82, 2.24) is 20.0 Å². The van der Waals surface area contributed by atoms with Crippen molar-refractivity contribution in [3.63, 3.8) is 0 Å². The largest absolute Gasteiger partial charge is 0.354 e. The van der Waals surface area contributed by atoms with E-state index in [9.17, 15) is 4.79 Å². The van der Waals surface area contributed by atoms with E-state index >= 15 is 0 Å². The lowest BCUT2D eigenvalue weighted by molar-refractivity contribution is 0.333. The molecule has 0 radical (unpaired) electrons. The summed E-state index contributed by atoms with van der Waals surface area (Å²) < 4.78 is 1.53. The van der Waals surface area contributed by atoms with E-state index in [2.05, 4.69) is 32.3 Å². The van der Waals surface area contributed by atoms with Gasteiger partial charge in [0.1, 0.15) is 0 Å². The summed E-state index contributed by atoms with van der Waals surface area (Å²) in [5.41, 5.74) is 0.896. The third-order valence-electron chi connectivity index (χ3n) is 4.33. The molecule has 4 rings (SSSR count). The van der Waals surface area contributed by atoms with Crippen LogP contribution >= 0.6 is 0 Å². The van der Waals surface area contributed by atoms with E-state index in [0.717, 1.165) is 35.4 Å². The molecule has 0 atom stereocenters. The minimum absolute atomic E-state index is 0.0495. The first-order valence-corrected chi connectivity index (χ1v) is 7.71. The van der Waals surface area contributed by atoms with Crippen LogP contribution in [0.25, 0.3) is 10.8 Å². The molecule has 0 N–H and O–H groups in total. The van der Waals surface area contributed by atoms with Crippen LogP contribution in [0.4, 0.5) is 5.82 Å². The molecule has 3 aromatic rings. The highest BCUT2D eigenvalue weighted by molar-refractivity contribution is 5.93. The first-order chi connectivity index (χ1) is 11.2. The maximum Gasteiger partial charge on any atom is 0.266 e. The predicted octanol–water partition coefficient (Wildman–Crippen LogP) is 1.63. The Hall–Kier alpha value is -2.76. The zero-order chi connectivity index (χ0) is 15.8. The van der Waals surface area contributed by atoms with Crippen molar-refractivity contribution in [2.24, 2.45) is 5.92 Å². The monoisotopic (exact) mass is 307 g/mol. The zero-order valence-corrected chi connectivity index (χ0v) is 12.9. The van der Waals surface area contributed by atoms with Crippen molar-refractivity contribution in [3.8, 4) is 0 Å². The van der Waals surface area contributed by atoms with Gasteiger partial charge in [0, 0.05) is 42.0 Å². The van der Waals surface area contributed by atoms with E-state index in [1.54, 1.807) is 18.3 Å². The molecule has 2 aromatic heterocycles. The van der Waals surface area contributed by atoms with E-state index in [0.29, 0.717) is 12.5 Å². The minimum atomic E-state index is -0.0495. The van der Waals surface area contributed by atoms with Crippen LogP contribution in [0.1, 0.15) is 5.69 Å². The Morgan fingerprint density at radius 2 is 1.87 bits per heavy atom. The predicted molar refractivity (Wildman–Crippen MR) is 88.5 cm³/mol. The van der Waals surface area contributed by atoms with Gasteiger partial charge in [0.25, 0.3) is 5.56 Å². The Kier molecular flexibility index (Phi) is 3.29. The number of anilines is 1. The van der Waals surface area contributed by atoms with Crippen LogP contribution in [0.3, 0.4) is 0 Å². The van der Waals surface area contributed by atoms with E-state index in [4.69, 9.17) is 0 Å². The Morgan fingerprint density at radius 1 is 1.09 bits per heavy atom. The molecule has 6 nitrogen and oxygen atoms in total. The quantitative estimate of drug-likeness (QED) is 0.736. The summed E-state index contributed by atoms with van der Waals surface area (Å²) in [6.45, 7) is 4.36. The van der Waals surface area contributed by atoms with Crippen molar-refractivity contribution in [2.45, 2.75) is 13.5 Å². The molecule has 1 aliphatic rings. The van der Waals surface area contributed by atoms with Gasteiger partial charge < -0.3 is 4.90 Å². The van der Waals surface area contributed by atoms with Gasteiger partial charge in [-0.3, -0.25) is 4.79 Å². The van der Waals surface area contributed by atoms with Crippen LogP contribution in [-0.2, 0) is 6.54 Å². The summed E-state index contributed by atoms with van der Waals surface area (Å²) in [7, 11) is 0. The van der Waals surface area contributed by atoms with Crippen molar-refractivity contribution in [3.05, 3.63) is 58.6 Å². The third-order valence-corrected chi connectivity index (χ3v) is 4.33. The summed E-state index contributed by atoms with van der Waals surface area (Å²) in [5.74, 6) is 1.33. The SMILES string of the molecule is Cc1nnc(N2CC(Cn3ncccc3=O)C2)c2ccccc12. The van der Waals surface area contributed by atoms with Crippen molar-refractivity contribution in [2.75, 3.05) is 18.0 Å². The fourth-order valence-corrected chi connectivity index (χ4v) is 3.08. The fourth-order valence-electron chi connectivity index (χ4n) is 3.08. The first-order valence-electron chi connectivity index (χ1n) is 7.71. The van der Waals surface area contributed by atoms with Gasteiger partial charge in [-0.1, -0.05) is 24.3 Å². The van der Waals surface area contributed by atoms with Crippen LogP contribution in [-0.4, -0.2) is 33.1 Å². The lowest BCUT2D eigenvalue weighted by Crippen LogP contribution is -2.50. The lowest BCUT2D eigenvalue weighted by atomic mass is 9.99. The van der Waals surface area contributed by atoms with Gasteiger partial charge >= 0.3 is 0 Å². The average Bonchev–Trinajstić information content (AvgIpc) is 2.54. The molecule has 1 saturated heterocycles. The maximum absolute atomic E-state index is 11.7. The number of fused-ring (bicyclic) bond motifs is 1. The van der Waals surface area contributed by atoms with Gasteiger partial charge in [0.15, 0.2) is 5.82 Å². The van der Waals surface area contributed by atoms with E-state index in [1.807, 2.05) is 19.1 Å². The molecule has 0 unspecified atom stereocenters. The number of rotatable bonds is 3. The van der Waals surface area contributed by atoms with Gasteiger partial charge in [0.05, 0.1) is 12.2 Å². The third kappa shape index (κ3) is 2.46. The summed E-state index contributed by atoms with van der Waals surface area (Å²) in [5, 5.41) is 15.0. The Bertz CT molecular complexity index is 914. The highest BCUT2D eigenvalue weighted by Crippen LogP contribution is 2.30. The molecule has 1 aliphatic heterocycles. The number of hydrogen-bond acceptors (Lipinski definition) is 5. The Balaban J connectivity index is 1.54. The first kappa shape index (κ1) is 13.9. The molecule has 1 fully saturated rings. The van der Waals surface area contributed by atoms with Gasteiger partial charge in [0.2, 0.25) is 0 Å². The van der Waals surface area contributed by atoms with E-state index in [1.165, 1.54) is 4.68 Å². The second kappa shape index (κ2) is 5.46. The molecule has 0 spiro atoms. The van der Waals surface area contributed by atoms with Gasteiger partial charge in [-0.15, -0.1) is 5.10 Å². The molecule has 0 bridgehead atoms. The lowest BCUT2D eigenvalue weighted by Gasteiger charge is -2.40. The average molecular weight is 307 g/mol. The molecule has 23 heavy (non-hydrogen) atoms. The van der Waals surface area contributed by atoms with Crippen molar-refractivity contribution in [1.29, 1.82) is 0 Å². The van der Waals surface area contributed by atoms with Crippen molar-refractivity contribution >= 4 is 16.6 Å². The number of aryl methyl sites for hydroxylation is 1. The van der Waals surface area contributed by atoms with E-state index < -0.39 is 0 Å². The van der Waals surface area contributed by atoms with Crippen LogP contribution in [0.15, 0.2) is 47.4 Å². The number of aromatic nitrogens is 4. The molecule has 0 aliphatic carbocycles. The fraction of sp³-hybridized carbons (Fsp3) is 0.294. The minimum Gasteiger partial charge on any atom is -0.354 e. The molecule has 0 amide bonds. The smallest absolute Gasteiger partial charge is 0.266 e.